The van der Waals surface area contributed by atoms with Gasteiger partial charge in [-0.2, -0.15) is 5.26 Å². The number of unbranched alkanes of at least 4 members (excludes halogenated alkanes) is 12. The minimum Gasteiger partial charge on any atom is -0.192 e. The molecule has 0 atom stereocenters. The Balaban J connectivity index is 1.85. The van der Waals surface area contributed by atoms with Crippen LogP contribution < -0.4 is 0 Å². The highest BCUT2D eigenvalue weighted by Crippen LogP contribution is 2.14. The van der Waals surface area contributed by atoms with E-state index in [9.17, 15) is 0 Å². The van der Waals surface area contributed by atoms with Gasteiger partial charge < -0.3 is 0 Å². The molecule has 0 radical (unpaired) electrons. The summed E-state index contributed by atoms with van der Waals surface area (Å²) in [6.45, 7) is 2.28. The summed E-state index contributed by atoms with van der Waals surface area (Å²) in [4.78, 5) is 0. The van der Waals surface area contributed by atoms with E-state index >= 15 is 0 Å². The molecule has 23 heavy (non-hydrogen) atoms. The lowest BCUT2D eigenvalue weighted by Crippen LogP contribution is -1.87. The van der Waals surface area contributed by atoms with Crippen LogP contribution in [0.5, 0.6) is 0 Å². The van der Waals surface area contributed by atoms with Crippen molar-refractivity contribution in [2.45, 2.75) is 96.8 Å². The minimum atomic E-state index is 0.789. The van der Waals surface area contributed by atoms with Crippen molar-refractivity contribution in [1.82, 2.24) is 0 Å². The Morgan fingerprint density at radius 1 is 0.739 bits per heavy atom. The summed E-state index contributed by atoms with van der Waals surface area (Å²) in [5.74, 6) is 0. The molecule has 0 aliphatic heterocycles. The average molecular weight is 314 g/mol. The number of rotatable bonds is 14. The molecule has 1 aromatic carbocycles. The quantitative estimate of drug-likeness (QED) is 0.333. The number of nitriles is 1. The first-order valence-electron chi connectivity index (χ1n) is 9.86. The molecule has 0 unspecified atom stereocenters. The second-order valence-corrected chi connectivity index (χ2v) is 6.80. The maximum atomic E-state index is 8.90. The fraction of sp³-hybridized carbons (Fsp3) is 0.682. The molecule has 0 saturated carbocycles. The summed E-state index contributed by atoms with van der Waals surface area (Å²) in [5, 5.41) is 8.90. The van der Waals surface area contributed by atoms with Crippen LogP contribution in [0, 0.1) is 11.3 Å². The van der Waals surface area contributed by atoms with Gasteiger partial charge in [-0.3, -0.25) is 0 Å². The van der Waals surface area contributed by atoms with Crippen molar-refractivity contribution in [2.75, 3.05) is 0 Å². The van der Waals surface area contributed by atoms with Crippen LogP contribution in [-0.4, -0.2) is 0 Å². The number of nitrogens with zero attached hydrogens (tertiary/aromatic N) is 1. The van der Waals surface area contributed by atoms with E-state index < -0.39 is 0 Å². The normalized spacial score (nSPS) is 10.6. The Kier molecular flexibility index (Phi) is 12.3. The second kappa shape index (κ2) is 14.3. The van der Waals surface area contributed by atoms with Crippen LogP contribution in [0.1, 0.15) is 102 Å². The molecule has 128 valence electrons. The topological polar surface area (TPSA) is 23.8 Å². The molecule has 0 aromatic heterocycles. The van der Waals surface area contributed by atoms with Crippen molar-refractivity contribution in [2.24, 2.45) is 0 Å². The van der Waals surface area contributed by atoms with Crippen LogP contribution >= 0.6 is 0 Å². The Hall–Kier alpha value is -1.29. The molecule has 0 amide bonds. The number of hydrogen-bond acceptors (Lipinski definition) is 1. The standard InChI is InChI=1S/C22H35N/c1-2-3-4-5-6-7-8-9-10-11-12-13-14-16-21-17-15-18-22(19-21)20-23/h15,17-19H,2-14,16H2,1H3. The predicted octanol–water partition coefficient (Wildman–Crippen LogP) is 7.19. The summed E-state index contributed by atoms with van der Waals surface area (Å²) in [5.41, 5.74) is 2.10. The first-order valence-corrected chi connectivity index (χ1v) is 9.86. The van der Waals surface area contributed by atoms with Gasteiger partial charge in [-0.05, 0) is 30.5 Å². The molecular weight excluding hydrogens is 278 g/mol. The van der Waals surface area contributed by atoms with E-state index in [4.69, 9.17) is 5.26 Å². The highest BCUT2D eigenvalue weighted by molar-refractivity contribution is 5.32. The van der Waals surface area contributed by atoms with Gasteiger partial charge in [-0.25, -0.2) is 0 Å². The van der Waals surface area contributed by atoms with E-state index in [-0.39, 0.29) is 0 Å². The molecule has 0 N–H and O–H groups in total. The van der Waals surface area contributed by atoms with E-state index in [1.54, 1.807) is 0 Å². The van der Waals surface area contributed by atoms with Gasteiger partial charge in [-0.1, -0.05) is 96.1 Å². The maximum Gasteiger partial charge on any atom is 0.0991 e. The van der Waals surface area contributed by atoms with E-state index in [1.807, 2.05) is 18.2 Å². The van der Waals surface area contributed by atoms with Crippen LogP contribution in [0.3, 0.4) is 0 Å². The summed E-state index contributed by atoms with van der Waals surface area (Å²) in [7, 11) is 0. The third kappa shape index (κ3) is 11.0. The molecular formula is C22H35N. The van der Waals surface area contributed by atoms with Gasteiger partial charge in [0.05, 0.1) is 11.6 Å². The summed E-state index contributed by atoms with van der Waals surface area (Å²) >= 11 is 0. The highest BCUT2D eigenvalue weighted by atomic mass is 14.2. The monoisotopic (exact) mass is 313 g/mol. The van der Waals surface area contributed by atoms with Gasteiger partial charge in [0, 0.05) is 0 Å². The maximum absolute atomic E-state index is 8.90. The van der Waals surface area contributed by atoms with Gasteiger partial charge in [-0.15, -0.1) is 0 Å². The van der Waals surface area contributed by atoms with Crippen LogP contribution in [0.25, 0.3) is 0 Å². The molecule has 1 rings (SSSR count). The Morgan fingerprint density at radius 3 is 1.78 bits per heavy atom. The van der Waals surface area contributed by atoms with Gasteiger partial charge in [0.1, 0.15) is 0 Å². The van der Waals surface area contributed by atoms with E-state index in [0.717, 1.165) is 12.0 Å². The number of hydrogen-bond donors (Lipinski definition) is 0. The van der Waals surface area contributed by atoms with Gasteiger partial charge in [0.25, 0.3) is 0 Å². The van der Waals surface area contributed by atoms with Crippen LogP contribution in [0.15, 0.2) is 24.3 Å². The molecule has 0 saturated heterocycles. The zero-order chi connectivity index (χ0) is 16.6. The number of aryl methyl sites for hydroxylation is 1. The van der Waals surface area contributed by atoms with Crippen molar-refractivity contribution in [3.63, 3.8) is 0 Å². The van der Waals surface area contributed by atoms with Gasteiger partial charge in [0.15, 0.2) is 0 Å². The first-order chi connectivity index (χ1) is 11.4. The average Bonchev–Trinajstić information content (AvgIpc) is 2.59. The van der Waals surface area contributed by atoms with Crippen molar-refractivity contribution in [3.8, 4) is 6.07 Å². The van der Waals surface area contributed by atoms with Crippen molar-refractivity contribution < 1.29 is 0 Å². The summed E-state index contributed by atoms with van der Waals surface area (Å²) < 4.78 is 0. The summed E-state index contributed by atoms with van der Waals surface area (Å²) in [6.07, 6.45) is 19.3. The Morgan fingerprint density at radius 2 is 1.26 bits per heavy atom. The molecule has 1 aromatic rings. The third-order valence-corrected chi connectivity index (χ3v) is 4.63. The molecule has 1 nitrogen and oxygen atoms in total. The van der Waals surface area contributed by atoms with E-state index in [2.05, 4.69) is 19.1 Å². The smallest absolute Gasteiger partial charge is 0.0991 e. The van der Waals surface area contributed by atoms with Gasteiger partial charge >= 0.3 is 0 Å². The molecule has 0 heterocycles. The SMILES string of the molecule is CCCCCCCCCCCCCCCc1cccc(C#N)c1. The molecule has 0 aliphatic carbocycles. The van der Waals surface area contributed by atoms with Crippen molar-refractivity contribution in [1.29, 1.82) is 5.26 Å². The molecule has 1 heteroatoms. The first kappa shape index (κ1) is 19.8. The van der Waals surface area contributed by atoms with Crippen molar-refractivity contribution >= 4 is 0 Å². The molecule has 0 aliphatic rings. The third-order valence-electron chi connectivity index (χ3n) is 4.63. The number of benzene rings is 1. The van der Waals surface area contributed by atoms with E-state index in [0.29, 0.717) is 0 Å². The van der Waals surface area contributed by atoms with E-state index in [1.165, 1.54) is 89.0 Å². The van der Waals surface area contributed by atoms with Gasteiger partial charge in [0.2, 0.25) is 0 Å². The fourth-order valence-electron chi connectivity index (χ4n) is 3.14. The predicted molar refractivity (Wildman–Crippen MR) is 101 cm³/mol. The Labute approximate surface area is 144 Å². The van der Waals surface area contributed by atoms with Crippen LogP contribution in [0.2, 0.25) is 0 Å². The molecule has 0 spiro atoms. The van der Waals surface area contributed by atoms with Crippen molar-refractivity contribution in [3.05, 3.63) is 35.4 Å². The second-order valence-electron chi connectivity index (χ2n) is 6.80. The molecule has 0 bridgehead atoms. The zero-order valence-electron chi connectivity index (χ0n) is 15.2. The zero-order valence-corrected chi connectivity index (χ0v) is 15.2. The summed E-state index contributed by atoms with van der Waals surface area (Å²) in [6, 6.07) is 10.3. The largest absolute Gasteiger partial charge is 0.192 e. The lowest BCUT2D eigenvalue weighted by atomic mass is 10.0. The van der Waals surface area contributed by atoms with Crippen LogP contribution in [0.4, 0.5) is 0 Å². The van der Waals surface area contributed by atoms with Crippen LogP contribution in [-0.2, 0) is 6.42 Å². The highest BCUT2D eigenvalue weighted by Gasteiger charge is 1.97. The Bertz CT molecular complexity index is 430. The minimum absolute atomic E-state index is 0.789. The lowest BCUT2D eigenvalue weighted by molar-refractivity contribution is 0.539. The lowest BCUT2D eigenvalue weighted by Gasteiger charge is -2.04. The fourth-order valence-corrected chi connectivity index (χ4v) is 3.14. The molecule has 0 fully saturated rings.